The van der Waals surface area contributed by atoms with Crippen molar-refractivity contribution in [2.24, 2.45) is 0 Å². The van der Waals surface area contributed by atoms with Gasteiger partial charge in [0.2, 0.25) is 5.91 Å². The van der Waals surface area contributed by atoms with Crippen LogP contribution in [-0.2, 0) is 11.2 Å². The van der Waals surface area contributed by atoms with Crippen LogP contribution in [0.15, 0.2) is 60.7 Å². The van der Waals surface area contributed by atoms with Crippen molar-refractivity contribution in [2.75, 3.05) is 30.1 Å². The van der Waals surface area contributed by atoms with E-state index >= 15 is 0 Å². The molecule has 0 spiro atoms. The molecule has 194 valence electrons. The molecular weight excluding hydrogens is 476 g/mol. The van der Waals surface area contributed by atoms with Crippen LogP contribution in [0.4, 0.5) is 21.9 Å². The third kappa shape index (κ3) is 7.63. The first-order valence-corrected chi connectivity index (χ1v) is 11.5. The number of nitrogens with one attached hydrogen (secondary N) is 3. The van der Waals surface area contributed by atoms with E-state index in [4.69, 9.17) is 20.3 Å². The van der Waals surface area contributed by atoms with Gasteiger partial charge in [-0.1, -0.05) is 24.3 Å². The predicted molar refractivity (Wildman–Crippen MR) is 141 cm³/mol. The largest absolute Gasteiger partial charge is 0.495 e. The zero-order valence-corrected chi connectivity index (χ0v) is 20.8. The van der Waals surface area contributed by atoms with Gasteiger partial charge in [0.25, 0.3) is 0 Å². The number of methoxy groups -OCH3 is 1. The molecule has 0 saturated heterocycles. The van der Waals surface area contributed by atoms with Crippen LogP contribution in [0.5, 0.6) is 11.5 Å². The number of aromatic carboxylic acids is 1. The lowest BCUT2D eigenvalue weighted by atomic mass is 10.1. The molecule has 0 aliphatic carbocycles. The highest BCUT2D eigenvalue weighted by Crippen LogP contribution is 2.26. The number of benzene rings is 3. The predicted octanol–water partition coefficient (Wildman–Crippen LogP) is 4.05. The fourth-order valence-corrected chi connectivity index (χ4v) is 3.52. The van der Waals surface area contributed by atoms with E-state index in [1.807, 2.05) is 31.2 Å². The van der Waals surface area contributed by atoms with E-state index in [0.717, 1.165) is 5.56 Å². The second-order valence-electron chi connectivity index (χ2n) is 8.44. The molecule has 0 fully saturated rings. The highest BCUT2D eigenvalue weighted by atomic mass is 16.5. The Bertz CT molecular complexity index is 1290. The smallest absolute Gasteiger partial charge is 0.335 e. The lowest BCUT2D eigenvalue weighted by Crippen LogP contribution is -2.37. The Balaban J connectivity index is 1.53. The molecule has 3 rings (SSSR count). The lowest BCUT2D eigenvalue weighted by Gasteiger charge is -2.17. The van der Waals surface area contributed by atoms with Gasteiger partial charge >= 0.3 is 12.0 Å². The summed E-state index contributed by atoms with van der Waals surface area (Å²) in [6.45, 7) is 3.82. The molecule has 1 atom stereocenters. The Morgan fingerprint density at radius 2 is 1.70 bits per heavy atom. The minimum atomic E-state index is -1.08. The van der Waals surface area contributed by atoms with Gasteiger partial charge in [-0.2, -0.15) is 0 Å². The second-order valence-corrected chi connectivity index (χ2v) is 8.44. The lowest BCUT2D eigenvalue weighted by molar-refractivity contribution is -0.121. The van der Waals surface area contributed by atoms with Crippen molar-refractivity contribution in [3.05, 3.63) is 77.4 Å². The summed E-state index contributed by atoms with van der Waals surface area (Å²) in [6.07, 6.45) is 0.0891. The summed E-state index contributed by atoms with van der Waals surface area (Å²) in [6, 6.07) is 16.0. The van der Waals surface area contributed by atoms with Crippen LogP contribution < -0.4 is 31.2 Å². The van der Waals surface area contributed by atoms with E-state index in [1.165, 1.54) is 25.3 Å². The Morgan fingerprint density at radius 1 is 0.973 bits per heavy atom. The third-order valence-electron chi connectivity index (χ3n) is 5.43. The highest BCUT2D eigenvalue weighted by molar-refractivity contribution is 6.01. The average molecular weight is 507 g/mol. The molecule has 0 aliphatic rings. The highest BCUT2D eigenvalue weighted by Gasteiger charge is 2.14. The Morgan fingerprint density at radius 3 is 2.38 bits per heavy atom. The Labute approximate surface area is 214 Å². The first-order chi connectivity index (χ1) is 17.7. The van der Waals surface area contributed by atoms with Crippen LogP contribution in [0.1, 0.15) is 28.4 Å². The van der Waals surface area contributed by atoms with Crippen molar-refractivity contribution in [2.45, 2.75) is 26.3 Å². The standard InChI is InChI=1S/C27H30N4O6/c1-16-6-4-5-7-21(16)30-27(35)31-22-10-8-18(12-24(22)36-3)13-25(32)29-17(2)15-37-23-11-9-19(26(33)34)14-20(23)28/h4-12,14,17H,13,15,28H2,1-3H3,(H,29,32)(H,33,34)(H2,30,31,35). The monoisotopic (exact) mass is 506 g/mol. The number of carbonyl (C=O) groups is 3. The number of nitrogens with two attached hydrogens (primary N) is 1. The number of anilines is 3. The van der Waals surface area contributed by atoms with Crippen LogP contribution in [0, 0.1) is 6.92 Å². The van der Waals surface area contributed by atoms with Crippen molar-refractivity contribution in [3.63, 3.8) is 0 Å². The van der Waals surface area contributed by atoms with Gasteiger partial charge in [0.05, 0.1) is 36.5 Å². The van der Waals surface area contributed by atoms with Gasteiger partial charge in [0.1, 0.15) is 18.1 Å². The van der Waals surface area contributed by atoms with Crippen LogP contribution in [0.3, 0.4) is 0 Å². The number of para-hydroxylation sites is 1. The van der Waals surface area contributed by atoms with Crippen LogP contribution >= 0.6 is 0 Å². The number of nitrogen functional groups attached to an aromatic ring is 1. The van der Waals surface area contributed by atoms with Crippen molar-refractivity contribution in [3.8, 4) is 11.5 Å². The minimum Gasteiger partial charge on any atom is -0.495 e. The molecule has 0 heterocycles. The minimum absolute atomic E-state index is 0.0646. The summed E-state index contributed by atoms with van der Waals surface area (Å²) >= 11 is 0. The quantitative estimate of drug-likeness (QED) is 0.260. The molecule has 6 N–H and O–H groups in total. The fraction of sp³-hybridized carbons (Fsp3) is 0.222. The first-order valence-electron chi connectivity index (χ1n) is 11.5. The van der Waals surface area contributed by atoms with Crippen molar-refractivity contribution >= 4 is 35.0 Å². The van der Waals surface area contributed by atoms with Gasteiger partial charge in [0.15, 0.2) is 0 Å². The second kappa shape index (κ2) is 12.3. The number of amides is 3. The van der Waals surface area contributed by atoms with Crippen LogP contribution in [0.2, 0.25) is 0 Å². The summed E-state index contributed by atoms with van der Waals surface area (Å²) in [5, 5.41) is 17.4. The number of urea groups is 1. The van der Waals surface area contributed by atoms with Gasteiger partial charge in [-0.3, -0.25) is 4.79 Å². The van der Waals surface area contributed by atoms with Crippen LogP contribution in [-0.4, -0.2) is 42.8 Å². The van der Waals surface area contributed by atoms with E-state index in [0.29, 0.717) is 28.4 Å². The first kappa shape index (κ1) is 26.9. The molecule has 3 aromatic rings. The number of hydrogen-bond donors (Lipinski definition) is 5. The van der Waals surface area contributed by atoms with E-state index in [-0.39, 0.29) is 36.2 Å². The van der Waals surface area contributed by atoms with E-state index in [2.05, 4.69) is 16.0 Å². The summed E-state index contributed by atoms with van der Waals surface area (Å²) in [5.41, 5.74) is 8.90. The number of carboxylic acid groups (broad SMARTS) is 1. The number of carboxylic acids is 1. The summed E-state index contributed by atoms with van der Waals surface area (Å²) < 4.78 is 11.0. The van der Waals surface area contributed by atoms with Crippen molar-refractivity contribution in [1.29, 1.82) is 0 Å². The van der Waals surface area contributed by atoms with Gasteiger partial charge in [-0.25, -0.2) is 9.59 Å². The number of aryl methyl sites for hydroxylation is 1. The zero-order valence-electron chi connectivity index (χ0n) is 20.8. The Hall–Kier alpha value is -4.73. The molecule has 3 aromatic carbocycles. The van der Waals surface area contributed by atoms with E-state index in [9.17, 15) is 14.4 Å². The summed E-state index contributed by atoms with van der Waals surface area (Å²) in [4.78, 5) is 36.0. The number of hydrogen-bond acceptors (Lipinski definition) is 6. The molecule has 10 heteroatoms. The normalized spacial score (nSPS) is 11.2. The van der Waals surface area contributed by atoms with E-state index in [1.54, 1.807) is 25.1 Å². The van der Waals surface area contributed by atoms with Gasteiger partial charge in [-0.15, -0.1) is 0 Å². The molecule has 0 bridgehead atoms. The maximum atomic E-state index is 12.5. The fourth-order valence-electron chi connectivity index (χ4n) is 3.52. The molecule has 37 heavy (non-hydrogen) atoms. The maximum Gasteiger partial charge on any atom is 0.335 e. The maximum absolute atomic E-state index is 12.5. The number of carbonyl (C=O) groups excluding carboxylic acids is 2. The van der Waals surface area contributed by atoms with Crippen molar-refractivity contribution in [1.82, 2.24) is 5.32 Å². The van der Waals surface area contributed by atoms with Gasteiger partial charge in [0, 0.05) is 5.69 Å². The van der Waals surface area contributed by atoms with Gasteiger partial charge in [-0.05, 0) is 61.4 Å². The van der Waals surface area contributed by atoms with Gasteiger partial charge < -0.3 is 36.3 Å². The number of rotatable bonds is 10. The summed E-state index contributed by atoms with van der Waals surface area (Å²) in [5.74, 6) is -0.553. The molecule has 0 aliphatic heterocycles. The average Bonchev–Trinajstić information content (AvgIpc) is 2.85. The molecule has 0 radical (unpaired) electrons. The van der Waals surface area contributed by atoms with E-state index < -0.39 is 12.0 Å². The molecule has 0 aromatic heterocycles. The third-order valence-corrected chi connectivity index (χ3v) is 5.43. The topological polar surface area (TPSA) is 152 Å². The Kier molecular flexibility index (Phi) is 8.93. The molecular formula is C27H30N4O6. The van der Waals surface area contributed by atoms with Crippen molar-refractivity contribution < 1.29 is 29.0 Å². The van der Waals surface area contributed by atoms with Crippen LogP contribution in [0.25, 0.3) is 0 Å². The molecule has 3 amide bonds. The molecule has 0 saturated carbocycles. The molecule has 10 nitrogen and oxygen atoms in total. The SMILES string of the molecule is COc1cc(CC(=O)NC(C)COc2ccc(C(=O)O)cc2N)ccc1NC(=O)Nc1ccccc1C. The number of ether oxygens (including phenoxy) is 2. The zero-order chi connectivity index (χ0) is 26.9. The summed E-state index contributed by atoms with van der Waals surface area (Å²) in [7, 11) is 1.48. The molecule has 1 unspecified atom stereocenters.